The molecule has 0 saturated carbocycles. The average molecular weight is 408 g/mol. The summed E-state index contributed by atoms with van der Waals surface area (Å²) in [6.45, 7) is 3.81. The van der Waals surface area contributed by atoms with Crippen molar-refractivity contribution in [2.24, 2.45) is 0 Å². The van der Waals surface area contributed by atoms with Gasteiger partial charge in [-0.05, 0) is 72.9 Å². The molecule has 6 nitrogen and oxygen atoms in total. The summed E-state index contributed by atoms with van der Waals surface area (Å²) in [6, 6.07) is 11.5. The Morgan fingerprint density at radius 2 is 1.90 bits per heavy atom. The molecule has 0 bridgehead atoms. The Kier molecular flexibility index (Phi) is 4.94. The normalized spacial score (nSPS) is 11.0. The van der Waals surface area contributed by atoms with Gasteiger partial charge < -0.3 is 5.32 Å². The minimum Gasteiger partial charge on any atom is -0.325 e. The van der Waals surface area contributed by atoms with Crippen LogP contribution in [0, 0.1) is 19.7 Å². The summed E-state index contributed by atoms with van der Waals surface area (Å²) in [5, 5.41) is 2.80. The van der Waals surface area contributed by atoms with Crippen molar-refractivity contribution in [3.8, 4) is 11.3 Å². The quantitative estimate of drug-likeness (QED) is 0.555. The summed E-state index contributed by atoms with van der Waals surface area (Å²) < 4.78 is 19.1. The summed E-state index contributed by atoms with van der Waals surface area (Å²) in [6.07, 6.45) is 1.34. The van der Waals surface area contributed by atoms with Crippen molar-refractivity contribution in [3.63, 3.8) is 0 Å². The molecule has 2 heterocycles. The molecule has 2 aromatic carbocycles. The van der Waals surface area contributed by atoms with Gasteiger partial charge in [-0.3, -0.25) is 14.2 Å². The number of anilines is 1. The van der Waals surface area contributed by atoms with Crippen molar-refractivity contribution < 1.29 is 9.18 Å². The fourth-order valence-corrected chi connectivity index (χ4v) is 3.75. The van der Waals surface area contributed by atoms with Crippen molar-refractivity contribution in [3.05, 3.63) is 76.1 Å². The summed E-state index contributed by atoms with van der Waals surface area (Å²) in [5.41, 5.74) is 4.19. The molecule has 0 atom stereocenters. The number of rotatable bonds is 4. The van der Waals surface area contributed by atoms with Gasteiger partial charge in [-0.1, -0.05) is 6.07 Å². The van der Waals surface area contributed by atoms with Crippen LogP contribution in [0.3, 0.4) is 0 Å². The Morgan fingerprint density at radius 1 is 1.14 bits per heavy atom. The molecule has 29 heavy (non-hydrogen) atoms. The second kappa shape index (κ2) is 7.56. The Balaban J connectivity index is 1.59. The molecule has 8 heteroatoms. The van der Waals surface area contributed by atoms with Crippen LogP contribution in [0.25, 0.3) is 21.5 Å². The maximum Gasteiger partial charge on any atom is 0.273 e. The zero-order chi connectivity index (χ0) is 20.5. The third kappa shape index (κ3) is 3.79. The molecule has 0 aliphatic carbocycles. The van der Waals surface area contributed by atoms with Crippen LogP contribution < -0.4 is 10.9 Å². The van der Waals surface area contributed by atoms with Gasteiger partial charge >= 0.3 is 0 Å². The van der Waals surface area contributed by atoms with Crippen LogP contribution in [0.15, 0.2) is 53.6 Å². The van der Waals surface area contributed by atoms with Gasteiger partial charge in [0.15, 0.2) is 0 Å². The van der Waals surface area contributed by atoms with Crippen molar-refractivity contribution in [1.29, 1.82) is 0 Å². The minimum atomic E-state index is -0.349. The first-order valence-electron chi connectivity index (χ1n) is 8.90. The second-order valence-corrected chi connectivity index (χ2v) is 7.51. The smallest absolute Gasteiger partial charge is 0.273 e. The average Bonchev–Trinajstić information content (AvgIpc) is 3.12. The van der Waals surface area contributed by atoms with E-state index in [0.29, 0.717) is 27.2 Å². The lowest BCUT2D eigenvalue weighted by Crippen LogP contribution is -2.27. The van der Waals surface area contributed by atoms with E-state index in [0.717, 1.165) is 22.7 Å². The van der Waals surface area contributed by atoms with Gasteiger partial charge in [0, 0.05) is 11.3 Å². The van der Waals surface area contributed by atoms with E-state index >= 15 is 0 Å². The zero-order valence-electron chi connectivity index (χ0n) is 15.8. The standard InChI is InChI=1S/C21H17FN4O2S/c1-12-3-8-16(9-13(12)2)24-17(27)10-26-11-23-19-18(25-29-20(19)21(26)28)14-4-6-15(22)7-5-14/h3-9,11H,10H2,1-2H3,(H,24,27). The van der Waals surface area contributed by atoms with Gasteiger partial charge in [-0.25, -0.2) is 9.37 Å². The highest BCUT2D eigenvalue weighted by Gasteiger charge is 2.15. The highest BCUT2D eigenvalue weighted by atomic mass is 32.1. The lowest BCUT2D eigenvalue weighted by Gasteiger charge is -2.09. The maximum absolute atomic E-state index is 13.2. The minimum absolute atomic E-state index is 0.154. The van der Waals surface area contributed by atoms with E-state index in [1.807, 2.05) is 32.0 Å². The van der Waals surface area contributed by atoms with Crippen molar-refractivity contribution >= 4 is 33.3 Å². The number of amides is 1. The monoisotopic (exact) mass is 408 g/mol. The predicted molar refractivity (Wildman–Crippen MR) is 112 cm³/mol. The highest BCUT2D eigenvalue weighted by molar-refractivity contribution is 7.13. The lowest BCUT2D eigenvalue weighted by atomic mass is 10.1. The first-order chi connectivity index (χ1) is 13.9. The number of carbonyl (C=O) groups is 1. The third-order valence-electron chi connectivity index (χ3n) is 4.67. The van der Waals surface area contributed by atoms with Crippen molar-refractivity contribution in [1.82, 2.24) is 13.9 Å². The molecule has 1 N–H and O–H groups in total. The molecular formula is C21H17FN4O2S. The number of halogens is 1. The molecule has 0 spiro atoms. The SMILES string of the molecule is Cc1ccc(NC(=O)Cn2cnc3c(-c4ccc(F)cc4)nsc3c2=O)cc1C. The van der Waals surface area contributed by atoms with Gasteiger partial charge in [0.05, 0.1) is 6.33 Å². The van der Waals surface area contributed by atoms with Gasteiger partial charge in [-0.15, -0.1) is 0 Å². The van der Waals surface area contributed by atoms with Crippen molar-refractivity contribution in [2.75, 3.05) is 5.32 Å². The molecule has 4 aromatic rings. The lowest BCUT2D eigenvalue weighted by molar-refractivity contribution is -0.116. The molecule has 4 rings (SSSR count). The molecule has 0 radical (unpaired) electrons. The van der Waals surface area contributed by atoms with Crippen molar-refractivity contribution in [2.45, 2.75) is 20.4 Å². The van der Waals surface area contributed by atoms with E-state index < -0.39 is 0 Å². The van der Waals surface area contributed by atoms with Crippen LogP contribution in [-0.2, 0) is 11.3 Å². The molecule has 1 amide bonds. The number of fused-ring (bicyclic) bond motifs is 1. The van der Waals surface area contributed by atoms with Gasteiger partial charge in [0.1, 0.15) is 28.3 Å². The molecular weight excluding hydrogens is 391 g/mol. The van der Waals surface area contributed by atoms with E-state index in [2.05, 4.69) is 14.7 Å². The van der Waals surface area contributed by atoms with Crippen LogP contribution in [0.4, 0.5) is 10.1 Å². The van der Waals surface area contributed by atoms with Crippen LogP contribution in [0.2, 0.25) is 0 Å². The van der Waals surface area contributed by atoms with E-state index in [4.69, 9.17) is 0 Å². The Morgan fingerprint density at radius 3 is 2.62 bits per heavy atom. The number of benzene rings is 2. The van der Waals surface area contributed by atoms with E-state index in [1.165, 1.54) is 23.0 Å². The molecule has 2 aromatic heterocycles. The molecule has 0 fully saturated rings. The number of nitrogens with zero attached hydrogens (tertiary/aromatic N) is 3. The van der Waals surface area contributed by atoms with Crippen LogP contribution in [0.1, 0.15) is 11.1 Å². The fourth-order valence-electron chi connectivity index (χ4n) is 2.94. The molecule has 0 unspecified atom stereocenters. The number of hydrogen-bond donors (Lipinski definition) is 1. The number of aryl methyl sites for hydroxylation is 2. The first-order valence-corrected chi connectivity index (χ1v) is 9.67. The molecule has 0 aliphatic heterocycles. The predicted octanol–water partition coefficient (Wildman–Crippen LogP) is 3.91. The number of carbonyl (C=O) groups excluding carboxylic acids is 1. The summed E-state index contributed by atoms with van der Waals surface area (Å²) in [5.74, 6) is -0.668. The number of aromatic nitrogens is 3. The van der Waals surface area contributed by atoms with Gasteiger partial charge in [0.25, 0.3) is 5.56 Å². The van der Waals surface area contributed by atoms with Crippen LogP contribution >= 0.6 is 11.5 Å². The Hall–Kier alpha value is -3.39. The summed E-state index contributed by atoms with van der Waals surface area (Å²) in [7, 11) is 0. The van der Waals surface area contributed by atoms with E-state index in [9.17, 15) is 14.0 Å². The number of nitrogens with one attached hydrogen (secondary N) is 1. The zero-order valence-corrected chi connectivity index (χ0v) is 16.6. The Labute approximate surface area is 169 Å². The molecule has 0 saturated heterocycles. The van der Waals surface area contributed by atoms with Crippen LogP contribution in [0.5, 0.6) is 0 Å². The molecule has 0 aliphatic rings. The summed E-state index contributed by atoms with van der Waals surface area (Å²) in [4.78, 5) is 29.5. The third-order valence-corrected chi connectivity index (χ3v) is 5.50. The van der Waals surface area contributed by atoms with E-state index in [-0.39, 0.29) is 23.8 Å². The van der Waals surface area contributed by atoms with E-state index in [1.54, 1.807) is 12.1 Å². The van der Waals surface area contributed by atoms with Gasteiger partial charge in [0.2, 0.25) is 5.91 Å². The van der Waals surface area contributed by atoms with Crippen LogP contribution in [-0.4, -0.2) is 19.8 Å². The fraction of sp³-hybridized carbons (Fsp3) is 0.143. The topological polar surface area (TPSA) is 76.9 Å². The maximum atomic E-state index is 13.2. The Bertz CT molecular complexity index is 1280. The number of hydrogen-bond acceptors (Lipinski definition) is 5. The largest absolute Gasteiger partial charge is 0.325 e. The second-order valence-electron chi connectivity index (χ2n) is 6.74. The van der Waals surface area contributed by atoms with Gasteiger partial charge in [-0.2, -0.15) is 4.37 Å². The molecule has 146 valence electrons. The first kappa shape index (κ1) is 18.9. The highest BCUT2D eigenvalue weighted by Crippen LogP contribution is 2.27. The summed E-state index contributed by atoms with van der Waals surface area (Å²) >= 11 is 1.02.